The van der Waals surface area contributed by atoms with Crippen LogP contribution in [0.15, 0.2) is 24.4 Å². The summed E-state index contributed by atoms with van der Waals surface area (Å²) in [4.78, 5) is 6.93. The van der Waals surface area contributed by atoms with Gasteiger partial charge in [-0.05, 0) is 43.9 Å². The molecule has 0 N–H and O–H groups in total. The molecule has 16 heavy (non-hydrogen) atoms. The van der Waals surface area contributed by atoms with E-state index in [0.717, 1.165) is 17.8 Å². The lowest BCUT2D eigenvalue weighted by molar-refractivity contribution is 0.164. The summed E-state index contributed by atoms with van der Waals surface area (Å²) in [6, 6.07) is 6.17. The summed E-state index contributed by atoms with van der Waals surface area (Å²) in [7, 11) is 0. The molecule has 88 valence electrons. The molecule has 2 rings (SSSR count). The fourth-order valence-corrected chi connectivity index (χ4v) is 3.05. The van der Waals surface area contributed by atoms with Crippen molar-refractivity contribution in [2.75, 3.05) is 18.4 Å². The minimum absolute atomic E-state index is 0.872. The SMILES string of the molecule is BrCCC1CCCN(Cc2ccccn2)C1. The number of aromatic nitrogens is 1. The molecule has 0 bridgehead atoms. The number of nitrogens with zero attached hydrogens (tertiary/aromatic N) is 2. The molecule has 1 saturated heterocycles. The van der Waals surface area contributed by atoms with Crippen molar-refractivity contribution in [1.29, 1.82) is 0 Å². The first-order valence-corrected chi connectivity index (χ1v) is 7.19. The predicted molar refractivity (Wildman–Crippen MR) is 70.6 cm³/mol. The minimum Gasteiger partial charge on any atom is -0.297 e. The summed E-state index contributed by atoms with van der Waals surface area (Å²) >= 11 is 3.54. The highest BCUT2D eigenvalue weighted by atomic mass is 79.9. The molecular formula is C13H19BrN2. The second-order valence-electron chi connectivity index (χ2n) is 4.54. The molecule has 2 nitrogen and oxygen atoms in total. The maximum Gasteiger partial charge on any atom is 0.0543 e. The molecule has 1 aliphatic heterocycles. The minimum atomic E-state index is 0.872. The second-order valence-corrected chi connectivity index (χ2v) is 5.34. The highest BCUT2D eigenvalue weighted by molar-refractivity contribution is 9.09. The maximum atomic E-state index is 4.39. The number of alkyl halides is 1. The third kappa shape index (κ3) is 3.56. The Hall–Kier alpha value is -0.410. The van der Waals surface area contributed by atoms with Gasteiger partial charge in [-0.2, -0.15) is 0 Å². The molecule has 0 saturated carbocycles. The van der Waals surface area contributed by atoms with Gasteiger partial charge >= 0.3 is 0 Å². The lowest BCUT2D eigenvalue weighted by Gasteiger charge is -2.32. The van der Waals surface area contributed by atoms with Gasteiger partial charge in [-0.25, -0.2) is 0 Å². The van der Waals surface area contributed by atoms with Gasteiger partial charge in [0.1, 0.15) is 0 Å². The summed E-state index contributed by atoms with van der Waals surface area (Å²) in [6.07, 6.45) is 5.92. The highest BCUT2D eigenvalue weighted by Gasteiger charge is 2.19. The number of rotatable bonds is 4. The number of likely N-dealkylation sites (tertiary alicyclic amines) is 1. The Kier molecular flexibility index (Phi) is 4.79. The smallest absolute Gasteiger partial charge is 0.0543 e. The van der Waals surface area contributed by atoms with Crippen LogP contribution in [0.5, 0.6) is 0 Å². The van der Waals surface area contributed by atoms with Gasteiger partial charge in [-0.1, -0.05) is 22.0 Å². The standard InChI is InChI=1S/C13H19BrN2/c14-7-6-12-4-3-9-16(10-12)11-13-5-1-2-8-15-13/h1-2,5,8,12H,3-4,6-7,9-11H2. The van der Waals surface area contributed by atoms with Crippen LogP contribution in [0, 0.1) is 5.92 Å². The summed E-state index contributed by atoms with van der Waals surface area (Å²) in [5.74, 6) is 0.872. The van der Waals surface area contributed by atoms with Gasteiger partial charge in [-0.3, -0.25) is 9.88 Å². The van der Waals surface area contributed by atoms with Crippen molar-refractivity contribution >= 4 is 15.9 Å². The molecular weight excluding hydrogens is 264 g/mol. The maximum absolute atomic E-state index is 4.39. The molecule has 1 aromatic heterocycles. The van der Waals surface area contributed by atoms with Gasteiger partial charge in [0, 0.05) is 24.6 Å². The van der Waals surface area contributed by atoms with E-state index in [1.165, 1.54) is 38.0 Å². The van der Waals surface area contributed by atoms with Crippen LogP contribution in [0.4, 0.5) is 0 Å². The van der Waals surface area contributed by atoms with E-state index in [4.69, 9.17) is 0 Å². The summed E-state index contributed by atoms with van der Waals surface area (Å²) < 4.78 is 0. The average Bonchev–Trinajstić information content (AvgIpc) is 2.31. The molecule has 1 fully saturated rings. The van der Waals surface area contributed by atoms with E-state index in [1.807, 2.05) is 12.3 Å². The van der Waals surface area contributed by atoms with Gasteiger partial charge < -0.3 is 0 Å². The molecule has 2 heterocycles. The Morgan fingerprint density at radius 2 is 2.38 bits per heavy atom. The number of hydrogen-bond acceptors (Lipinski definition) is 2. The number of pyridine rings is 1. The molecule has 0 aliphatic carbocycles. The van der Waals surface area contributed by atoms with E-state index in [2.05, 4.69) is 37.9 Å². The molecule has 1 aromatic rings. The topological polar surface area (TPSA) is 16.1 Å². The summed E-state index contributed by atoms with van der Waals surface area (Å²) in [6.45, 7) is 3.48. The molecule has 0 radical (unpaired) electrons. The zero-order chi connectivity index (χ0) is 11.2. The molecule has 1 atom stereocenters. The zero-order valence-electron chi connectivity index (χ0n) is 9.61. The molecule has 1 aliphatic rings. The fourth-order valence-electron chi connectivity index (χ4n) is 2.41. The number of piperidine rings is 1. The molecule has 0 spiro atoms. The van der Waals surface area contributed by atoms with E-state index in [1.54, 1.807) is 0 Å². The summed E-state index contributed by atoms with van der Waals surface area (Å²) in [5, 5.41) is 1.13. The number of hydrogen-bond donors (Lipinski definition) is 0. The second kappa shape index (κ2) is 6.36. The van der Waals surface area contributed by atoms with Gasteiger partial charge in [0.25, 0.3) is 0 Å². The van der Waals surface area contributed by atoms with E-state index >= 15 is 0 Å². The molecule has 1 unspecified atom stereocenters. The van der Waals surface area contributed by atoms with Crippen molar-refractivity contribution in [2.24, 2.45) is 5.92 Å². The van der Waals surface area contributed by atoms with E-state index in [0.29, 0.717) is 0 Å². The van der Waals surface area contributed by atoms with Gasteiger partial charge in [0.05, 0.1) is 5.69 Å². The van der Waals surface area contributed by atoms with Crippen molar-refractivity contribution in [3.05, 3.63) is 30.1 Å². The first kappa shape index (κ1) is 12.1. The van der Waals surface area contributed by atoms with Gasteiger partial charge in [0.2, 0.25) is 0 Å². The van der Waals surface area contributed by atoms with Crippen LogP contribution >= 0.6 is 15.9 Å². The largest absolute Gasteiger partial charge is 0.297 e. The van der Waals surface area contributed by atoms with Crippen LogP contribution in [0.25, 0.3) is 0 Å². The highest BCUT2D eigenvalue weighted by Crippen LogP contribution is 2.21. The molecule has 0 amide bonds. The summed E-state index contributed by atoms with van der Waals surface area (Å²) in [5.41, 5.74) is 1.20. The van der Waals surface area contributed by atoms with Crippen molar-refractivity contribution in [2.45, 2.75) is 25.8 Å². The van der Waals surface area contributed by atoms with Crippen LogP contribution in [-0.2, 0) is 6.54 Å². The van der Waals surface area contributed by atoms with E-state index in [-0.39, 0.29) is 0 Å². The fraction of sp³-hybridized carbons (Fsp3) is 0.615. The monoisotopic (exact) mass is 282 g/mol. The van der Waals surface area contributed by atoms with E-state index in [9.17, 15) is 0 Å². The Labute approximate surface area is 106 Å². The molecule has 0 aromatic carbocycles. The quantitative estimate of drug-likeness (QED) is 0.789. The predicted octanol–water partition coefficient (Wildman–Crippen LogP) is 3.08. The number of halogens is 1. The Balaban J connectivity index is 1.85. The van der Waals surface area contributed by atoms with Crippen molar-refractivity contribution in [3.63, 3.8) is 0 Å². The van der Waals surface area contributed by atoms with Crippen LogP contribution < -0.4 is 0 Å². The van der Waals surface area contributed by atoms with Gasteiger partial charge in [0.15, 0.2) is 0 Å². The Bertz CT molecular complexity index is 300. The van der Waals surface area contributed by atoms with Crippen LogP contribution in [0.3, 0.4) is 0 Å². The lowest BCUT2D eigenvalue weighted by Crippen LogP contribution is -2.35. The van der Waals surface area contributed by atoms with Crippen molar-refractivity contribution < 1.29 is 0 Å². The third-order valence-corrected chi connectivity index (χ3v) is 3.69. The van der Waals surface area contributed by atoms with Crippen LogP contribution in [0.1, 0.15) is 25.0 Å². The normalized spacial score (nSPS) is 22.2. The Morgan fingerprint density at radius 3 is 3.12 bits per heavy atom. The zero-order valence-corrected chi connectivity index (χ0v) is 11.2. The average molecular weight is 283 g/mol. The van der Waals surface area contributed by atoms with Crippen LogP contribution in [0.2, 0.25) is 0 Å². The first-order chi connectivity index (χ1) is 7.88. The van der Waals surface area contributed by atoms with Crippen molar-refractivity contribution in [3.8, 4) is 0 Å². The van der Waals surface area contributed by atoms with Gasteiger partial charge in [-0.15, -0.1) is 0 Å². The van der Waals surface area contributed by atoms with E-state index < -0.39 is 0 Å². The Morgan fingerprint density at radius 1 is 1.44 bits per heavy atom. The third-order valence-electron chi connectivity index (χ3n) is 3.23. The molecule has 3 heteroatoms. The first-order valence-electron chi connectivity index (χ1n) is 6.06. The van der Waals surface area contributed by atoms with Crippen LogP contribution in [-0.4, -0.2) is 28.3 Å². The van der Waals surface area contributed by atoms with Crippen molar-refractivity contribution in [1.82, 2.24) is 9.88 Å². The lowest BCUT2D eigenvalue weighted by atomic mass is 9.95.